The number of anilines is 1. The number of para-hydroxylation sites is 1. The molecule has 0 unspecified atom stereocenters. The molecule has 168 valence electrons. The molecular weight excluding hydrogens is 428 g/mol. The number of nitrogens with zero attached hydrogens (tertiary/aromatic N) is 3. The molecule has 5 rings (SSSR count). The van der Waals surface area contributed by atoms with Gasteiger partial charge < -0.3 is 14.8 Å². The first-order valence-electron chi connectivity index (χ1n) is 11.1. The molecule has 1 saturated heterocycles. The first kappa shape index (κ1) is 21.4. The Morgan fingerprint density at radius 2 is 1.94 bits per heavy atom. The van der Waals surface area contributed by atoms with Crippen molar-refractivity contribution in [3.8, 4) is 34.2 Å². The molecule has 1 atom stereocenters. The average Bonchev–Trinajstić information content (AvgIpc) is 3.28. The van der Waals surface area contributed by atoms with Crippen molar-refractivity contribution in [2.45, 2.75) is 19.4 Å². The molecule has 0 amide bonds. The van der Waals surface area contributed by atoms with Gasteiger partial charge in [0.2, 0.25) is 0 Å². The van der Waals surface area contributed by atoms with Gasteiger partial charge in [-0.15, -0.1) is 0 Å². The van der Waals surface area contributed by atoms with Crippen LogP contribution < -0.4 is 10.1 Å². The molecule has 0 bridgehead atoms. The summed E-state index contributed by atoms with van der Waals surface area (Å²) in [4.78, 5) is 21.1. The van der Waals surface area contributed by atoms with Gasteiger partial charge in [-0.25, -0.2) is 9.78 Å². The predicted octanol–water partition coefficient (Wildman–Crippen LogP) is 4.96. The SMILES string of the molecule is CCOc1ccccc1-c1ccc(-c2nc3cnccc3c(N[C@@H]3CCOC3=O)c2C#N)cc1. The van der Waals surface area contributed by atoms with Gasteiger partial charge in [-0.1, -0.05) is 42.5 Å². The fourth-order valence-electron chi connectivity index (χ4n) is 4.18. The fraction of sp³-hybridized carbons (Fsp3) is 0.185. The Labute approximate surface area is 197 Å². The van der Waals surface area contributed by atoms with Crippen LogP contribution in [-0.2, 0) is 9.53 Å². The lowest BCUT2D eigenvalue weighted by atomic mass is 9.98. The molecule has 0 saturated carbocycles. The molecule has 0 aliphatic carbocycles. The van der Waals surface area contributed by atoms with Crippen LogP contribution >= 0.6 is 0 Å². The van der Waals surface area contributed by atoms with E-state index in [1.807, 2.05) is 55.5 Å². The number of nitriles is 1. The van der Waals surface area contributed by atoms with Crippen molar-refractivity contribution in [3.63, 3.8) is 0 Å². The van der Waals surface area contributed by atoms with Crippen LogP contribution in [-0.4, -0.2) is 35.2 Å². The van der Waals surface area contributed by atoms with Gasteiger partial charge in [0.05, 0.1) is 36.3 Å². The zero-order chi connectivity index (χ0) is 23.5. The van der Waals surface area contributed by atoms with E-state index in [4.69, 9.17) is 14.5 Å². The summed E-state index contributed by atoms with van der Waals surface area (Å²) in [5, 5.41) is 14.1. The minimum absolute atomic E-state index is 0.318. The largest absolute Gasteiger partial charge is 0.493 e. The van der Waals surface area contributed by atoms with Gasteiger partial charge in [0.25, 0.3) is 0 Å². The highest BCUT2D eigenvalue weighted by atomic mass is 16.5. The Balaban J connectivity index is 1.60. The number of nitrogens with one attached hydrogen (secondary N) is 1. The van der Waals surface area contributed by atoms with Crippen LogP contribution in [0.1, 0.15) is 18.9 Å². The van der Waals surface area contributed by atoms with Crippen LogP contribution in [0.2, 0.25) is 0 Å². The van der Waals surface area contributed by atoms with Crippen LogP contribution in [0.5, 0.6) is 5.75 Å². The molecule has 3 heterocycles. The van der Waals surface area contributed by atoms with Crippen LogP contribution in [0, 0.1) is 11.3 Å². The number of pyridine rings is 2. The first-order valence-corrected chi connectivity index (χ1v) is 11.1. The molecule has 1 fully saturated rings. The summed E-state index contributed by atoms with van der Waals surface area (Å²) in [7, 11) is 0. The van der Waals surface area contributed by atoms with Gasteiger partial charge in [-0.2, -0.15) is 5.26 Å². The van der Waals surface area contributed by atoms with E-state index in [-0.39, 0.29) is 5.97 Å². The molecule has 1 aliphatic heterocycles. The topological polar surface area (TPSA) is 97.1 Å². The van der Waals surface area contributed by atoms with Crippen LogP contribution in [0.4, 0.5) is 5.69 Å². The molecule has 34 heavy (non-hydrogen) atoms. The Hall–Kier alpha value is -4.44. The van der Waals surface area contributed by atoms with E-state index in [0.717, 1.165) is 27.8 Å². The van der Waals surface area contributed by atoms with Crippen molar-refractivity contribution in [3.05, 3.63) is 72.6 Å². The summed E-state index contributed by atoms with van der Waals surface area (Å²) < 4.78 is 10.9. The van der Waals surface area contributed by atoms with Crippen molar-refractivity contribution in [2.24, 2.45) is 0 Å². The fourth-order valence-corrected chi connectivity index (χ4v) is 4.18. The second-order valence-corrected chi connectivity index (χ2v) is 7.87. The van der Waals surface area contributed by atoms with Crippen molar-refractivity contribution in [1.82, 2.24) is 9.97 Å². The van der Waals surface area contributed by atoms with E-state index >= 15 is 0 Å². The average molecular weight is 450 g/mol. The highest BCUT2D eigenvalue weighted by Crippen LogP contribution is 2.36. The first-order chi connectivity index (χ1) is 16.7. The smallest absolute Gasteiger partial charge is 0.328 e. The summed E-state index contributed by atoms with van der Waals surface area (Å²) in [6.07, 6.45) is 3.85. The third-order valence-electron chi connectivity index (χ3n) is 5.81. The molecule has 1 N–H and O–H groups in total. The molecule has 7 heteroatoms. The lowest BCUT2D eigenvalue weighted by molar-refractivity contribution is -0.138. The summed E-state index contributed by atoms with van der Waals surface area (Å²) in [5.74, 6) is 0.502. The minimum Gasteiger partial charge on any atom is -0.493 e. The van der Waals surface area contributed by atoms with E-state index in [9.17, 15) is 10.1 Å². The maximum absolute atomic E-state index is 12.1. The van der Waals surface area contributed by atoms with Crippen LogP contribution in [0.3, 0.4) is 0 Å². The van der Waals surface area contributed by atoms with E-state index < -0.39 is 6.04 Å². The number of aromatic nitrogens is 2. The Kier molecular flexibility index (Phi) is 5.79. The number of rotatable bonds is 6. The van der Waals surface area contributed by atoms with Crippen LogP contribution in [0.15, 0.2) is 67.0 Å². The van der Waals surface area contributed by atoms with Gasteiger partial charge in [0.15, 0.2) is 0 Å². The highest BCUT2D eigenvalue weighted by Gasteiger charge is 2.28. The quantitative estimate of drug-likeness (QED) is 0.415. The third kappa shape index (κ3) is 3.90. The number of carbonyl (C=O) groups is 1. The Morgan fingerprint density at radius 1 is 1.15 bits per heavy atom. The van der Waals surface area contributed by atoms with Gasteiger partial charge in [-0.3, -0.25) is 4.98 Å². The number of carbonyl (C=O) groups excluding carboxylic acids is 1. The van der Waals surface area contributed by atoms with E-state index in [2.05, 4.69) is 16.4 Å². The molecule has 7 nitrogen and oxygen atoms in total. The lowest BCUT2D eigenvalue weighted by Crippen LogP contribution is -2.25. The molecule has 0 radical (unpaired) electrons. The van der Waals surface area contributed by atoms with Crippen molar-refractivity contribution in [2.75, 3.05) is 18.5 Å². The molecule has 4 aromatic rings. The summed E-state index contributed by atoms with van der Waals surface area (Å²) in [5.41, 5.74) is 4.89. The normalized spacial score (nSPS) is 15.1. The Bertz CT molecular complexity index is 1410. The zero-order valence-corrected chi connectivity index (χ0v) is 18.6. The molecule has 2 aromatic heterocycles. The maximum atomic E-state index is 12.1. The summed E-state index contributed by atoms with van der Waals surface area (Å²) >= 11 is 0. The molecule has 0 spiro atoms. The number of esters is 1. The van der Waals surface area contributed by atoms with Gasteiger partial charge in [0, 0.05) is 29.1 Å². The molecule has 1 aliphatic rings. The predicted molar refractivity (Wildman–Crippen MR) is 129 cm³/mol. The molecular formula is C27H22N4O3. The van der Waals surface area contributed by atoms with Crippen LogP contribution in [0.25, 0.3) is 33.3 Å². The standard InChI is InChI=1S/C27H22N4O3/c1-2-33-24-6-4-3-5-19(24)17-7-9-18(10-8-17)25-21(15-28)26(30-22-12-14-34-27(22)32)20-11-13-29-16-23(20)31-25/h3-11,13,16,22H,2,12,14H2,1H3,(H,30,31)/t22-/m1/s1. The number of hydrogen-bond donors (Lipinski definition) is 1. The van der Waals surface area contributed by atoms with Gasteiger partial charge in [0.1, 0.15) is 23.4 Å². The zero-order valence-electron chi connectivity index (χ0n) is 18.6. The van der Waals surface area contributed by atoms with Gasteiger partial charge >= 0.3 is 5.97 Å². The maximum Gasteiger partial charge on any atom is 0.328 e. The summed E-state index contributed by atoms with van der Waals surface area (Å²) in [6.45, 7) is 2.90. The number of benzene rings is 2. The van der Waals surface area contributed by atoms with Crippen molar-refractivity contribution < 1.29 is 14.3 Å². The number of cyclic esters (lactones) is 1. The van der Waals surface area contributed by atoms with E-state index in [0.29, 0.717) is 42.1 Å². The lowest BCUT2D eigenvalue weighted by Gasteiger charge is -2.17. The van der Waals surface area contributed by atoms with Crippen molar-refractivity contribution in [1.29, 1.82) is 5.26 Å². The second kappa shape index (κ2) is 9.20. The van der Waals surface area contributed by atoms with E-state index in [1.54, 1.807) is 18.5 Å². The number of fused-ring (bicyclic) bond motifs is 1. The number of hydrogen-bond acceptors (Lipinski definition) is 7. The summed E-state index contributed by atoms with van der Waals surface area (Å²) in [6, 6.07) is 19.3. The van der Waals surface area contributed by atoms with Gasteiger partial charge in [-0.05, 0) is 24.6 Å². The Morgan fingerprint density at radius 3 is 2.68 bits per heavy atom. The molecule has 2 aromatic carbocycles. The second-order valence-electron chi connectivity index (χ2n) is 7.87. The third-order valence-corrected chi connectivity index (χ3v) is 5.81. The number of ether oxygens (including phenoxy) is 2. The van der Waals surface area contributed by atoms with Crippen molar-refractivity contribution >= 4 is 22.6 Å². The minimum atomic E-state index is -0.504. The van der Waals surface area contributed by atoms with E-state index in [1.165, 1.54) is 0 Å². The highest BCUT2D eigenvalue weighted by molar-refractivity contribution is 5.99. The monoisotopic (exact) mass is 450 g/mol.